The van der Waals surface area contributed by atoms with Gasteiger partial charge in [0.15, 0.2) is 17.3 Å². The van der Waals surface area contributed by atoms with Crippen LogP contribution in [0.1, 0.15) is 12.6 Å². The number of halogens is 2. The van der Waals surface area contributed by atoms with E-state index in [0.29, 0.717) is 23.5 Å². The first-order chi connectivity index (χ1) is 16.9. The summed E-state index contributed by atoms with van der Waals surface area (Å²) in [5.41, 5.74) is 6.63. The average molecular weight is 477 g/mol. The van der Waals surface area contributed by atoms with Gasteiger partial charge in [0.25, 0.3) is 5.91 Å². The van der Waals surface area contributed by atoms with Crippen molar-refractivity contribution in [3.05, 3.63) is 96.0 Å². The number of carbonyl (C=O) groups is 2. The lowest BCUT2D eigenvalue weighted by molar-refractivity contribution is -0.112. The van der Waals surface area contributed by atoms with Crippen LogP contribution in [0.2, 0.25) is 0 Å². The number of hydrazone groups is 1. The molecular formula is C25H21F2N5O3. The van der Waals surface area contributed by atoms with E-state index in [1.807, 2.05) is 0 Å². The lowest BCUT2D eigenvalue weighted by Crippen LogP contribution is -2.14. The van der Waals surface area contributed by atoms with Gasteiger partial charge >= 0.3 is 0 Å². The first-order valence-corrected chi connectivity index (χ1v) is 10.2. The zero-order valence-electron chi connectivity index (χ0n) is 18.6. The van der Waals surface area contributed by atoms with Gasteiger partial charge in [-0.2, -0.15) is 5.10 Å². The SMILES string of the molecule is C/C(=C\C=N/N(C=O)c1ccc(F)cc1)C(=O)Nc1ccc(Oc2cccnc2C=CN)c(F)c1. The van der Waals surface area contributed by atoms with Gasteiger partial charge < -0.3 is 15.8 Å². The molecule has 0 spiro atoms. The van der Waals surface area contributed by atoms with Crippen LogP contribution in [0.4, 0.5) is 20.2 Å². The van der Waals surface area contributed by atoms with E-state index in [-0.39, 0.29) is 17.0 Å². The first kappa shape index (κ1) is 24.8. The van der Waals surface area contributed by atoms with E-state index >= 15 is 0 Å². The Kier molecular flexibility index (Phi) is 8.38. The van der Waals surface area contributed by atoms with Gasteiger partial charge in [-0.3, -0.25) is 14.6 Å². The lowest BCUT2D eigenvalue weighted by atomic mass is 10.2. The highest BCUT2D eigenvalue weighted by Gasteiger charge is 2.11. The summed E-state index contributed by atoms with van der Waals surface area (Å²) in [5, 5.41) is 7.47. The third-order valence-electron chi connectivity index (χ3n) is 4.53. The van der Waals surface area contributed by atoms with Gasteiger partial charge in [-0.1, -0.05) is 0 Å². The molecule has 3 rings (SSSR count). The molecule has 35 heavy (non-hydrogen) atoms. The van der Waals surface area contributed by atoms with Crippen LogP contribution in [-0.4, -0.2) is 23.5 Å². The molecule has 0 radical (unpaired) electrons. The van der Waals surface area contributed by atoms with Crippen molar-refractivity contribution in [2.24, 2.45) is 10.8 Å². The molecular weight excluding hydrogens is 456 g/mol. The fraction of sp³-hybridized carbons (Fsp3) is 0.0400. The Balaban J connectivity index is 1.65. The number of hydrogen-bond donors (Lipinski definition) is 2. The van der Waals surface area contributed by atoms with Crippen LogP contribution in [0.3, 0.4) is 0 Å². The Bertz CT molecular complexity index is 1290. The van der Waals surface area contributed by atoms with Crippen LogP contribution >= 0.6 is 0 Å². The Morgan fingerprint density at radius 2 is 1.91 bits per heavy atom. The summed E-state index contributed by atoms with van der Waals surface area (Å²) in [7, 11) is 0. The molecule has 0 aliphatic heterocycles. The van der Waals surface area contributed by atoms with Crippen molar-refractivity contribution >= 4 is 36.0 Å². The number of anilines is 2. The molecule has 0 saturated carbocycles. The van der Waals surface area contributed by atoms with Crippen molar-refractivity contribution in [1.29, 1.82) is 0 Å². The van der Waals surface area contributed by atoms with Gasteiger partial charge in [-0.25, -0.2) is 13.8 Å². The van der Waals surface area contributed by atoms with Gasteiger partial charge in [-0.05, 0) is 73.8 Å². The number of rotatable bonds is 9. The maximum atomic E-state index is 14.6. The standard InChI is InChI=1S/C25H21F2N5O3/c1-17(11-14-30-32(16-33)20-7-4-18(26)5-8-20)25(34)31-19-6-9-23(21(27)15-19)35-24-3-2-13-29-22(24)10-12-28/h2-16H,28H2,1H3,(H,31,34)/b12-10?,17-11+,30-14-. The largest absolute Gasteiger partial charge is 0.452 e. The van der Waals surface area contributed by atoms with Crippen molar-refractivity contribution in [3.63, 3.8) is 0 Å². The van der Waals surface area contributed by atoms with Gasteiger partial charge in [0.1, 0.15) is 11.5 Å². The summed E-state index contributed by atoms with van der Waals surface area (Å²) in [6, 6.07) is 12.4. The van der Waals surface area contributed by atoms with Crippen molar-refractivity contribution < 1.29 is 23.1 Å². The van der Waals surface area contributed by atoms with Gasteiger partial charge in [0.2, 0.25) is 6.41 Å². The number of amides is 2. The second-order valence-corrected chi connectivity index (χ2v) is 6.99. The number of carbonyl (C=O) groups excluding carboxylic acids is 2. The van der Waals surface area contributed by atoms with Crippen molar-refractivity contribution in [2.75, 3.05) is 10.3 Å². The van der Waals surface area contributed by atoms with Crippen LogP contribution in [0.5, 0.6) is 11.5 Å². The van der Waals surface area contributed by atoms with Crippen LogP contribution in [0.15, 0.2) is 83.7 Å². The highest BCUT2D eigenvalue weighted by molar-refractivity contribution is 6.05. The Morgan fingerprint density at radius 1 is 1.14 bits per heavy atom. The van der Waals surface area contributed by atoms with Crippen LogP contribution in [0, 0.1) is 11.6 Å². The van der Waals surface area contributed by atoms with Crippen molar-refractivity contribution in [1.82, 2.24) is 4.98 Å². The second-order valence-electron chi connectivity index (χ2n) is 6.99. The molecule has 1 aromatic heterocycles. The number of benzene rings is 2. The second kappa shape index (κ2) is 11.8. The maximum Gasteiger partial charge on any atom is 0.251 e. The quantitative estimate of drug-likeness (QED) is 0.202. The summed E-state index contributed by atoms with van der Waals surface area (Å²) in [6.07, 6.45) is 7.43. The molecule has 0 atom stereocenters. The molecule has 0 bridgehead atoms. The molecule has 3 aromatic rings. The molecule has 2 aromatic carbocycles. The third kappa shape index (κ3) is 6.81. The first-order valence-electron chi connectivity index (χ1n) is 10.2. The van der Waals surface area contributed by atoms with Gasteiger partial charge in [-0.15, -0.1) is 0 Å². The smallest absolute Gasteiger partial charge is 0.251 e. The summed E-state index contributed by atoms with van der Waals surface area (Å²) in [6.45, 7) is 1.52. The number of allylic oxidation sites excluding steroid dienone is 1. The van der Waals surface area contributed by atoms with Crippen LogP contribution in [-0.2, 0) is 9.59 Å². The highest BCUT2D eigenvalue weighted by Crippen LogP contribution is 2.29. The molecule has 0 unspecified atom stereocenters. The van der Waals surface area contributed by atoms with E-state index in [0.717, 1.165) is 11.1 Å². The zero-order valence-corrected chi connectivity index (χ0v) is 18.6. The maximum absolute atomic E-state index is 14.6. The van der Waals surface area contributed by atoms with E-state index in [1.165, 1.54) is 67.9 Å². The average Bonchev–Trinajstić information content (AvgIpc) is 2.85. The van der Waals surface area contributed by atoms with E-state index in [1.54, 1.807) is 18.3 Å². The van der Waals surface area contributed by atoms with E-state index in [9.17, 15) is 18.4 Å². The van der Waals surface area contributed by atoms with Crippen molar-refractivity contribution in [3.8, 4) is 11.5 Å². The molecule has 178 valence electrons. The minimum atomic E-state index is -0.696. The fourth-order valence-corrected chi connectivity index (χ4v) is 2.76. The number of nitrogens with one attached hydrogen (secondary N) is 1. The minimum Gasteiger partial charge on any atom is -0.452 e. The Labute approximate surface area is 200 Å². The monoisotopic (exact) mass is 477 g/mol. The van der Waals surface area contributed by atoms with Crippen molar-refractivity contribution in [2.45, 2.75) is 6.92 Å². The van der Waals surface area contributed by atoms with Gasteiger partial charge in [0, 0.05) is 29.7 Å². The molecule has 10 heteroatoms. The molecule has 0 fully saturated rings. The highest BCUT2D eigenvalue weighted by atomic mass is 19.1. The molecule has 0 saturated heterocycles. The van der Waals surface area contributed by atoms with E-state index in [2.05, 4.69) is 15.4 Å². The van der Waals surface area contributed by atoms with Crippen LogP contribution < -0.4 is 20.8 Å². The number of aromatic nitrogens is 1. The number of nitrogens with zero attached hydrogens (tertiary/aromatic N) is 3. The predicted molar refractivity (Wildman–Crippen MR) is 130 cm³/mol. The zero-order chi connectivity index (χ0) is 25.2. The van der Waals surface area contributed by atoms with Crippen LogP contribution in [0.25, 0.3) is 6.08 Å². The summed E-state index contributed by atoms with van der Waals surface area (Å²) >= 11 is 0. The number of pyridine rings is 1. The number of ether oxygens (including phenoxy) is 1. The van der Waals surface area contributed by atoms with E-state index < -0.39 is 17.5 Å². The molecule has 3 N–H and O–H groups in total. The molecule has 2 amide bonds. The Hall–Kier alpha value is -4.86. The third-order valence-corrected chi connectivity index (χ3v) is 4.53. The van der Waals surface area contributed by atoms with E-state index in [4.69, 9.17) is 10.5 Å². The molecule has 1 heterocycles. The normalized spacial score (nSPS) is 11.6. The summed E-state index contributed by atoms with van der Waals surface area (Å²) in [4.78, 5) is 27.8. The minimum absolute atomic E-state index is 0.0585. The summed E-state index contributed by atoms with van der Waals surface area (Å²) < 4.78 is 33.2. The summed E-state index contributed by atoms with van der Waals surface area (Å²) in [5.74, 6) is -1.40. The lowest BCUT2D eigenvalue weighted by Gasteiger charge is -2.11. The molecule has 8 nitrogen and oxygen atoms in total. The fourth-order valence-electron chi connectivity index (χ4n) is 2.76. The molecule has 0 aliphatic carbocycles. The number of nitrogens with two attached hydrogens (primary N) is 1. The topological polar surface area (TPSA) is 110 Å². The molecule has 0 aliphatic rings. The predicted octanol–water partition coefficient (Wildman–Crippen LogP) is 4.62. The van der Waals surface area contributed by atoms with Gasteiger partial charge in [0.05, 0.1) is 5.69 Å². The Morgan fingerprint density at radius 3 is 2.60 bits per heavy atom. The number of hydrogen-bond acceptors (Lipinski definition) is 6.